The van der Waals surface area contributed by atoms with Gasteiger partial charge in [0.05, 0.1) is 23.4 Å². The Labute approximate surface area is 107 Å². The number of carbonyl (C=O) groups excluding carboxylic acids is 1. The molecule has 0 aliphatic heterocycles. The summed E-state index contributed by atoms with van der Waals surface area (Å²) in [4.78, 5) is 16.4. The first-order valence-electron chi connectivity index (χ1n) is 6.09. The Morgan fingerprint density at radius 2 is 2.00 bits per heavy atom. The summed E-state index contributed by atoms with van der Waals surface area (Å²) in [5.41, 5.74) is 4.34. The van der Waals surface area contributed by atoms with Crippen molar-refractivity contribution in [2.75, 3.05) is 6.61 Å². The molecular formula is C15H17NO2. The van der Waals surface area contributed by atoms with Gasteiger partial charge in [0, 0.05) is 5.39 Å². The number of carbonyl (C=O) groups is 1. The summed E-state index contributed by atoms with van der Waals surface area (Å²) in [6.07, 6.45) is 0. The van der Waals surface area contributed by atoms with Crippen LogP contribution in [0.15, 0.2) is 18.2 Å². The first-order chi connectivity index (χ1) is 8.54. The minimum Gasteiger partial charge on any atom is -0.462 e. The molecule has 2 aromatic rings. The predicted molar refractivity (Wildman–Crippen MR) is 71.9 cm³/mol. The van der Waals surface area contributed by atoms with Crippen molar-refractivity contribution < 1.29 is 9.53 Å². The summed E-state index contributed by atoms with van der Waals surface area (Å²) in [6.45, 7) is 8.01. The number of hydrogen-bond acceptors (Lipinski definition) is 3. The van der Waals surface area contributed by atoms with Gasteiger partial charge in [-0.05, 0) is 45.4 Å². The van der Waals surface area contributed by atoms with Crippen LogP contribution >= 0.6 is 0 Å². The summed E-state index contributed by atoms with van der Waals surface area (Å²) in [6, 6.07) is 6.07. The number of ether oxygens (including phenoxy) is 1. The summed E-state index contributed by atoms with van der Waals surface area (Å²) in [7, 11) is 0. The molecule has 0 bridgehead atoms. The van der Waals surface area contributed by atoms with E-state index < -0.39 is 0 Å². The molecule has 0 saturated carbocycles. The van der Waals surface area contributed by atoms with Gasteiger partial charge < -0.3 is 4.74 Å². The van der Waals surface area contributed by atoms with Crippen LogP contribution < -0.4 is 0 Å². The molecule has 0 aliphatic rings. The molecule has 2 rings (SSSR count). The van der Waals surface area contributed by atoms with Crippen LogP contribution in [0, 0.1) is 20.8 Å². The molecule has 0 spiro atoms. The maximum Gasteiger partial charge on any atom is 0.340 e. The van der Waals surface area contributed by atoms with Crippen molar-refractivity contribution in [3.8, 4) is 0 Å². The van der Waals surface area contributed by atoms with Gasteiger partial charge in [0.1, 0.15) is 0 Å². The van der Waals surface area contributed by atoms with Gasteiger partial charge in [0.2, 0.25) is 0 Å². The van der Waals surface area contributed by atoms with Gasteiger partial charge >= 0.3 is 5.97 Å². The van der Waals surface area contributed by atoms with Crippen molar-refractivity contribution in [2.24, 2.45) is 0 Å². The fourth-order valence-corrected chi connectivity index (χ4v) is 2.19. The number of aryl methyl sites for hydroxylation is 3. The molecule has 0 unspecified atom stereocenters. The third-order valence-corrected chi connectivity index (χ3v) is 3.06. The molecule has 3 nitrogen and oxygen atoms in total. The Balaban J connectivity index is 2.70. The third kappa shape index (κ3) is 2.08. The Morgan fingerprint density at radius 1 is 1.28 bits per heavy atom. The van der Waals surface area contributed by atoms with Crippen LogP contribution in [0.5, 0.6) is 0 Å². The van der Waals surface area contributed by atoms with Gasteiger partial charge in [-0.25, -0.2) is 4.79 Å². The lowest BCUT2D eigenvalue weighted by molar-refractivity contribution is 0.0524. The van der Waals surface area contributed by atoms with Crippen molar-refractivity contribution >= 4 is 16.9 Å². The van der Waals surface area contributed by atoms with E-state index in [4.69, 9.17) is 4.74 Å². The maximum absolute atomic E-state index is 12.0. The molecule has 1 aromatic carbocycles. The van der Waals surface area contributed by atoms with Crippen LogP contribution in [-0.4, -0.2) is 17.6 Å². The average Bonchev–Trinajstić information content (AvgIpc) is 2.31. The number of fused-ring (bicyclic) bond motifs is 1. The number of esters is 1. The van der Waals surface area contributed by atoms with Crippen LogP contribution in [-0.2, 0) is 4.74 Å². The van der Waals surface area contributed by atoms with Crippen molar-refractivity contribution in [1.82, 2.24) is 4.98 Å². The molecule has 94 valence electrons. The van der Waals surface area contributed by atoms with E-state index in [2.05, 4.69) is 11.1 Å². The number of aromatic nitrogens is 1. The van der Waals surface area contributed by atoms with Crippen LogP contribution in [0.4, 0.5) is 0 Å². The zero-order chi connectivity index (χ0) is 13.3. The molecule has 18 heavy (non-hydrogen) atoms. The highest BCUT2D eigenvalue weighted by molar-refractivity contribution is 5.98. The zero-order valence-corrected chi connectivity index (χ0v) is 11.2. The largest absolute Gasteiger partial charge is 0.462 e. The Hall–Kier alpha value is -1.90. The lowest BCUT2D eigenvalue weighted by atomic mass is 10.0. The molecule has 0 aliphatic carbocycles. The monoisotopic (exact) mass is 243 g/mol. The van der Waals surface area contributed by atoms with Crippen LogP contribution in [0.3, 0.4) is 0 Å². The Kier molecular flexibility index (Phi) is 3.32. The molecule has 0 N–H and O–H groups in total. The molecule has 0 fully saturated rings. The van der Waals surface area contributed by atoms with Gasteiger partial charge in [0.25, 0.3) is 0 Å². The minimum atomic E-state index is -0.289. The third-order valence-electron chi connectivity index (χ3n) is 3.06. The second-order valence-electron chi connectivity index (χ2n) is 4.44. The number of rotatable bonds is 2. The zero-order valence-electron chi connectivity index (χ0n) is 11.2. The topological polar surface area (TPSA) is 39.2 Å². The Morgan fingerprint density at radius 3 is 2.67 bits per heavy atom. The molecular weight excluding hydrogens is 226 g/mol. The summed E-state index contributed by atoms with van der Waals surface area (Å²) in [5.74, 6) is -0.289. The van der Waals surface area contributed by atoms with E-state index in [1.807, 2.05) is 32.9 Å². The van der Waals surface area contributed by atoms with Crippen molar-refractivity contribution in [3.63, 3.8) is 0 Å². The quantitative estimate of drug-likeness (QED) is 0.759. The van der Waals surface area contributed by atoms with Crippen LogP contribution in [0.25, 0.3) is 10.9 Å². The number of hydrogen-bond donors (Lipinski definition) is 0. The molecule has 0 saturated heterocycles. The summed E-state index contributed by atoms with van der Waals surface area (Å²) >= 11 is 0. The second kappa shape index (κ2) is 4.77. The van der Waals surface area contributed by atoms with E-state index in [1.165, 1.54) is 0 Å². The molecule has 0 radical (unpaired) electrons. The van der Waals surface area contributed by atoms with E-state index in [0.717, 1.165) is 27.7 Å². The highest BCUT2D eigenvalue weighted by atomic mass is 16.5. The molecule has 1 heterocycles. The normalized spacial score (nSPS) is 10.7. The number of benzene rings is 1. The molecule has 3 heteroatoms. The number of pyridine rings is 1. The highest BCUT2D eigenvalue weighted by Crippen LogP contribution is 2.24. The van der Waals surface area contributed by atoms with Crippen molar-refractivity contribution in [2.45, 2.75) is 27.7 Å². The predicted octanol–water partition coefficient (Wildman–Crippen LogP) is 3.34. The first kappa shape index (κ1) is 12.6. The average molecular weight is 243 g/mol. The van der Waals surface area contributed by atoms with Gasteiger partial charge in [-0.15, -0.1) is 0 Å². The van der Waals surface area contributed by atoms with Gasteiger partial charge in [0.15, 0.2) is 0 Å². The van der Waals surface area contributed by atoms with Crippen LogP contribution in [0.2, 0.25) is 0 Å². The summed E-state index contributed by atoms with van der Waals surface area (Å²) < 4.78 is 5.09. The smallest absolute Gasteiger partial charge is 0.340 e. The van der Waals surface area contributed by atoms with Gasteiger partial charge in [-0.2, -0.15) is 0 Å². The lowest BCUT2D eigenvalue weighted by Crippen LogP contribution is -2.10. The molecule has 0 amide bonds. The van der Waals surface area contributed by atoms with Gasteiger partial charge in [-0.1, -0.05) is 11.6 Å². The van der Waals surface area contributed by atoms with E-state index in [-0.39, 0.29) is 5.97 Å². The van der Waals surface area contributed by atoms with E-state index in [9.17, 15) is 4.79 Å². The summed E-state index contributed by atoms with van der Waals surface area (Å²) in [5, 5.41) is 1.02. The van der Waals surface area contributed by atoms with Crippen LogP contribution in [0.1, 0.15) is 34.1 Å². The minimum absolute atomic E-state index is 0.289. The molecule has 0 atom stereocenters. The standard InChI is InChI=1S/C15H17NO2/c1-5-18-15(17)14-10(3)12-8-9(2)6-7-13(12)16-11(14)4/h6-8H,5H2,1-4H3. The fraction of sp³-hybridized carbons (Fsp3) is 0.333. The Bertz CT molecular complexity index is 617. The van der Waals surface area contributed by atoms with E-state index in [1.54, 1.807) is 6.92 Å². The van der Waals surface area contributed by atoms with Crippen molar-refractivity contribution in [1.29, 1.82) is 0 Å². The molecule has 1 aromatic heterocycles. The second-order valence-corrected chi connectivity index (χ2v) is 4.44. The fourth-order valence-electron chi connectivity index (χ4n) is 2.19. The first-order valence-corrected chi connectivity index (χ1v) is 6.09. The lowest BCUT2D eigenvalue weighted by Gasteiger charge is -2.11. The van der Waals surface area contributed by atoms with E-state index in [0.29, 0.717) is 12.2 Å². The maximum atomic E-state index is 12.0. The van der Waals surface area contributed by atoms with Crippen molar-refractivity contribution in [3.05, 3.63) is 40.6 Å². The SMILES string of the molecule is CCOC(=O)c1c(C)nc2ccc(C)cc2c1C. The number of nitrogens with zero attached hydrogens (tertiary/aromatic N) is 1. The van der Waals surface area contributed by atoms with E-state index >= 15 is 0 Å². The highest BCUT2D eigenvalue weighted by Gasteiger charge is 2.17. The van der Waals surface area contributed by atoms with Gasteiger partial charge in [-0.3, -0.25) is 4.98 Å².